The van der Waals surface area contributed by atoms with Crippen molar-refractivity contribution in [2.24, 2.45) is 0 Å². The summed E-state index contributed by atoms with van der Waals surface area (Å²) in [7, 11) is -0.489. The van der Waals surface area contributed by atoms with Gasteiger partial charge in [-0.05, 0) is 6.07 Å². The maximum Gasteiger partial charge on any atom is 0.244 e. The molecule has 0 radical (unpaired) electrons. The van der Waals surface area contributed by atoms with E-state index in [4.69, 9.17) is 4.43 Å². The van der Waals surface area contributed by atoms with E-state index in [1.807, 2.05) is 18.2 Å². The average Bonchev–Trinajstić information content (AvgIpc) is 2.06. The molecule has 2 heteroatoms. The van der Waals surface area contributed by atoms with Crippen molar-refractivity contribution in [2.75, 3.05) is 0 Å². The zero-order valence-electron chi connectivity index (χ0n) is 6.73. The van der Waals surface area contributed by atoms with E-state index >= 15 is 0 Å². The minimum atomic E-state index is -0.489. The minimum Gasteiger partial charge on any atom is -0.545 e. The SMILES string of the molecule is C1=C\[SiH2]Oc2ccccc2\C=C/1. The summed E-state index contributed by atoms with van der Waals surface area (Å²) in [5.74, 6) is 1.02. The van der Waals surface area contributed by atoms with Crippen LogP contribution in [0.5, 0.6) is 5.75 Å². The van der Waals surface area contributed by atoms with Gasteiger partial charge in [0.2, 0.25) is 9.76 Å². The van der Waals surface area contributed by atoms with E-state index in [1.54, 1.807) is 0 Å². The van der Waals surface area contributed by atoms with Crippen LogP contribution in [0.15, 0.2) is 42.1 Å². The molecule has 1 heterocycles. The fourth-order valence-electron chi connectivity index (χ4n) is 1.18. The van der Waals surface area contributed by atoms with Gasteiger partial charge in [0.05, 0.1) is 0 Å². The molecule has 0 amide bonds. The highest BCUT2D eigenvalue weighted by Gasteiger charge is 1.98. The smallest absolute Gasteiger partial charge is 0.244 e. The molecular formula is C10H10OSi. The second-order valence-corrected chi connectivity index (χ2v) is 3.73. The molecular weight excluding hydrogens is 164 g/mol. The van der Waals surface area contributed by atoms with Crippen molar-refractivity contribution in [3.05, 3.63) is 47.7 Å². The fraction of sp³-hybridized carbons (Fsp3) is 0. The molecule has 0 fully saturated rings. The maximum atomic E-state index is 5.63. The van der Waals surface area contributed by atoms with E-state index in [-0.39, 0.29) is 0 Å². The fourth-order valence-corrected chi connectivity index (χ4v) is 1.99. The summed E-state index contributed by atoms with van der Waals surface area (Å²) in [5.41, 5.74) is 3.31. The van der Waals surface area contributed by atoms with Gasteiger partial charge >= 0.3 is 0 Å². The summed E-state index contributed by atoms with van der Waals surface area (Å²) in [6.07, 6.45) is 6.19. The van der Waals surface area contributed by atoms with Gasteiger partial charge in [-0.1, -0.05) is 42.1 Å². The van der Waals surface area contributed by atoms with Crippen molar-refractivity contribution < 1.29 is 4.43 Å². The third-order valence-corrected chi connectivity index (χ3v) is 2.72. The molecule has 0 saturated carbocycles. The van der Waals surface area contributed by atoms with E-state index < -0.39 is 9.76 Å². The third kappa shape index (κ3) is 1.48. The molecule has 0 unspecified atom stereocenters. The van der Waals surface area contributed by atoms with E-state index in [1.165, 1.54) is 5.56 Å². The monoisotopic (exact) mass is 174 g/mol. The molecule has 0 saturated heterocycles. The van der Waals surface area contributed by atoms with Crippen LogP contribution in [-0.4, -0.2) is 9.76 Å². The zero-order valence-corrected chi connectivity index (χ0v) is 8.15. The molecule has 2 rings (SSSR count). The second-order valence-electron chi connectivity index (χ2n) is 2.64. The summed E-state index contributed by atoms with van der Waals surface area (Å²) in [6.45, 7) is 0. The van der Waals surface area contributed by atoms with Crippen molar-refractivity contribution in [3.63, 3.8) is 0 Å². The average molecular weight is 174 g/mol. The number of rotatable bonds is 0. The number of hydrogen-bond acceptors (Lipinski definition) is 1. The lowest BCUT2D eigenvalue weighted by Crippen LogP contribution is -2.00. The Kier molecular flexibility index (Phi) is 2.09. The third-order valence-electron chi connectivity index (χ3n) is 1.78. The quantitative estimate of drug-likeness (QED) is 0.544. The van der Waals surface area contributed by atoms with Gasteiger partial charge in [0.15, 0.2) is 0 Å². The Balaban J connectivity index is 2.43. The number of hydrogen-bond donors (Lipinski definition) is 0. The van der Waals surface area contributed by atoms with Crippen LogP contribution in [0.4, 0.5) is 0 Å². The molecule has 1 nitrogen and oxygen atoms in total. The standard InChI is InChI=1S/C10H10OSi/c1-2-7-10-9(5-1)6-3-4-8-12-11-10/h1-8H,12H2/b6-3-,8-4-. The van der Waals surface area contributed by atoms with Gasteiger partial charge in [-0.15, -0.1) is 0 Å². The van der Waals surface area contributed by atoms with Crippen LogP contribution in [0.25, 0.3) is 6.08 Å². The van der Waals surface area contributed by atoms with Crippen LogP contribution in [0.3, 0.4) is 0 Å². The van der Waals surface area contributed by atoms with Gasteiger partial charge in [0.1, 0.15) is 5.75 Å². The summed E-state index contributed by atoms with van der Waals surface area (Å²) in [5, 5.41) is 0. The van der Waals surface area contributed by atoms with Gasteiger partial charge in [0, 0.05) is 5.56 Å². The normalized spacial score (nSPS) is 21.7. The minimum absolute atomic E-state index is 0.489. The second kappa shape index (κ2) is 3.41. The van der Waals surface area contributed by atoms with Gasteiger partial charge < -0.3 is 4.43 Å². The van der Waals surface area contributed by atoms with Gasteiger partial charge in [0.25, 0.3) is 0 Å². The molecule has 0 aromatic heterocycles. The van der Waals surface area contributed by atoms with Crippen molar-refractivity contribution in [1.82, 2.24) is 0 Å². The Morgan fingerprint density at radius 3 is 3.00 bits per heavy atom. The predicted octanol–water partition coefficient (Wildman–Crippen LogP) is 1.69. The number of benzene rings is 1. The van der Waals surface area contributed by atoms with Gasteiger partial charge in [-0.3, -0.25) is 0 Å². The van der Waals surface area contributed by atoms with E-state index in [9.17, 15) is 0 Å². The largest absolute Gasteiger partial charge is 0.545 e. The Morgan fingerprint density at radius 2 is 2.00 bits per heavy atom. The van der Waals surface area contributed by atoms with Crippen LogP contribution < -0.4 is 4.43 Å². The molecule has 1 aliphatic rings. The molecule has 0 spiro atoms. The molecule has 1 aliphatic heterocycles. The Morgan fingerprint density at radius 1 is 1.08 bits per heavy atom. The summed E-state index contributed by atoms with van der Waals surface area (Å²) >= 11 is 0. The van der Waals surface area contributed by atoms with Crippen molar-refractivity contribution >= 4 is 15.8 Å². The van der Waals surface area contributed by atoms with Crippen LogP contribution in [0.1, 0.15) is 5.56 Å². The van der Waals surface area contributed by atoms with Crippen LogP contribution >= 0.6 is 0 Å². The van der Waals surface area contributed by atoms with E-state index in [0.717, 1.165) is 5.75 Å². The summed E-state index contributed by atoms with van der Waals surface area (Å²) in [4.78, 5) is 0. The van der Waals surface area contributed by atoms with Crippen LogP contribution in [-0.2, 0) is 0 Å². The number of fused-ring (bicyclic) bond motifs is 1. The lowest BCUT2D eigenvalue weighted by molar-refractivity contribution is 0.602. The molecule has 0 atom stereocenters. The molecule has 60 valence electrons. The summed E-state index contributed by atoms with van der Waals surface area (Å²) in [6, 6.07) is 8.12. The van der Waals surface area contributed by atoms with Crippen LogP contribution in [0, 0.1) is 0 Å². The van der Waals surface area contributed by atoms with Crippen LogP contribution in [0.2, 0.25) is 0 Å². The zero-order chi connectivity index (χ0) is 8.23. The van der Waals surface area contributed by atoms with Crippen molar-refractivity contribution in [3.8, 4) is 5.75 Å². The van der Waals surface area contributed by atoms with Crippen molar-refractivity contribution in [2.45, 2.75) is 0 Å². The highest BCUT2D eigenvalue weighted by Crippen LogP contribution is 2.19. The Hall–Kier alpha value is -1.28. The summed E-state index contributed by atoms with van der Waals surface area (Å²) < 4.78 is 5.63. The first-order valence-electron chi connectivity index (χ1n) is 4.02. The first-order chi connectivity index (χ1) is 5.97. The van der Waals surface area contributed by atoms with E-state index in [2.05, 4.69) is 30.0 Å². The van der Waals surface area contributed by atoms with E-state index in [0.29, 0.717) is 0 Å². The van der Waals surface area contributed by atoms with Gasteiger partial charge in [-0.25, -0.2) is 0 Å². The highest BCUT2D eigenvalue weighted by molar-refractivity contribution is 6.35. The molecule has 0 bridgehead atoms. The highest BCUT2D eigenvalue weighted by atomic mass is 28.2. The molecule has 0 N–H and O–H groups in total. The predicted molar refractivity (Wildman–Crippen MR) is 53.8 cm³/mol. The Labute approximate surface area is 74.3 Å². The topological polar surface area (TPSA) is 9.23 Å². The van der Waals surface area contributed by atoms with Crippen molar-refractivity contribution in [1.29, 1.82) is 0 Å². The van der Waals surface area contributed by atoms with Gasteiger partial charge in [-0.2, -0.15) is 0 Å². The first-order valence-corrected chi connectivity index (χ1v) is 5.41. The maximum absolute atomic E-state index is 5.63. The lowest BCUT2D eigenvalue weighted by atomic mass is 10.2. The molecule has 12 heavy (non-hydrogen) atoms. The number of para-hydroxylation sites is 1. The first kappa shape index (κ1) is 7.37. The number of allylic oxidation sites excluding steroid dienone is 2. The molecule has 1 aromatic rings. The lowest BCUT2D eigenvalue weighted by Gasteiger charge is -2.08. The molecule has 1 aromatic carbocycles. The molecule has 0 aliphatic carbocycles. The Bertz CT molecular complexity index is 328.